The van der Waals surface area contributed by atoms with Crippen LogP contribution in [0.15, 0.2) is 41.3 Å². The molecule has 5 nitrogen and oxygen atoms in total. The first-order valence-corrected chi connectivity index (χ1v) is 8.46. The van der Waals surface area contributed by atoms with E-state index in [0.717, 1.165) is 11.1 Å². The molecule has 0 bridgehead atoms. The highest BCUT2D eigenvalue weighted by atomic mass is 35.5. The Labute approximate surface area is 133 Å². The summed E-state index contributed by atoms with van der Waals surface area (Å²) < 4.78 is 37.7. The van der Waals surface area contributed by atoms with Crippen molar-refractivity contribution < 1.29 is 17.9 Å². The van der Waals surface area contributed by atoms with E-state index in [1.165, 1.54) is 6.07 Å². The molecule has 0 saturated carbocycles. The molecule has 1 aliphatic rings. The van der Waals surface area contributed by atoms with E-state index in [0.29, 0.717) is 11.5 Å². The quantitative estimate of drug-likeness (QED) is 0.930. The van der Waals surface area contributed by atoms with Gasteiger partial charge in [-0.05, 0) is 42.3 Å². The van der Waals surface area contributed by atoms with Crippen LogP contribution in [0.4, 0.5) is 0 Å². The number of halogens is 1. The number of hydrogen-bond acceptors (Lipinski definition) is 4. The highest BCUT2D eigenvalue weighted by Gasteiger charge is 2.18. The molecule has 3 rings (SSSR count). The van der Waals surface area contributed by atoms with Crippen LogP contribution in [0, 0.1) is 6.92 Å². The van der Waals surface area contributed by atoms with Crippen molar-refractivity contribution in [2.45, 2.75) is 18.4 Å². The number of hydrogen-bond donors (Lipinski definition) is 1. The predicted molar refractivity (Wildman–Crippen MR) is 82.8 cm³/mol. The minimum absolute atomic E-state index is 0.0699. The first-order valence-electron chi connectivity index (χ1n) is 6.60. The second kappa shape index (κ2) is 5.79. The standard InChI is InChI=1S/C15H14ClNO4S/c1-10-2-5-15(12(16)6-10)22(18,19)17-8-11-3-4-13-14(7-11)21-9-20-13/h2-7,17H,8-9H2,1H3. The topological polar surface area (TPSA) is 64.6 Å². The van der Waals surface area contributed by atoms with Gasteiger partial charge in [0.15, 0.2) is 11.5 Å². The van der Waals surface area contributed by atoms with Crippen LogP contribution in [-0.4, -0.2) is 15.2 Å². The minimum atomic E-state index is -3.67. The highest BCUT2D eigenvalue weighted by Crippen LogP contribution is 2.32. The van der Waals surface area contributed by atoms with Crippen LogP contribution >= 0.6 is 11.6 Å². The Bertz CT molecular complexity index is 820. The third-order valence-corrected chi connectivity index (χ3v) is 5.16. The number of nitrogens with one attached hydrogen (secondary N) is 1. The van der Waals surface area contributed by atoms with Gasteiger partial charge in [0.25, 0.3) is 0 Å². The third kappa shape index (κ3) is 3.04. The highest BCUT2D eigenvalue weighted by molar-refractivity contribution is 7.89. The van der Waals surface area contributed by atoms with Gasteiger partial charge in [-0.1, -0.05) is 23.7 Å². The van der Waals surface area contributed by atoms with E-state index in [9.17, 15) is 8.42 Å². The average Bonchev–Trinajstić information content (AvgIpc) is 2.92. The number of ether oxygens (including phenoxy) is 2. The van der Waals surface area contributed by atoms with Gasteiger partial charge in [0.1, 0.15) is 4.90 Å². The molecule has 0 radical (unpaired) electrons. The number of sulfonamides is 1. The predicted octanol–water partition coefficient (Wildman–Crippen LogP) is 2.86. The van der Waals surface area contributed by atoms with E-state index >= 15 is 0 Å². The summed E-state index contributed by atoms with van der Waals surface area (Å²) in [5, 5.41) is 0.207. The molecule has 0 atom stereocenters. The summed E-state index contributed by atoms with van der Waals surface area (Å²) in [6.45, 7) is 2.18. The second-order valence-electron chi connectivity index (χ2n) is 4.95. The van der Waals surface area contributed by atoms with Gasteiger partial charge in [-0.15, -0.1) is 0 Å². The van der Waals surface area contributed by atoms with Crippen LogP contribution in [0.3, 0.4) is 0 Å². The van der Waals surface area contributed by atoms with E-state index < -0.39 is 10.0 Å². The van der Waals surface area contributed by atoms with E-state index in [1.807, 2.05) is 6.92 Å². The monoisotopic (exact) mass is 339 g/mol. The molecule has 0 amide bonds. The molecule has 116 valence electrons. The van der Waals surface area contributed by atoms with Crippen molar-refractivity contribution >= 4 is 21.6 Å². The SMILES string of the molecule is Cc1ccc(S(=O)(=O)NCc2ccc3c(c2)OCO3)c(Cl)c1. The number of fused-ring (bicyclic) bond motifs is 1. The molecule has 0 saturated heterocycles. The lowest BCUT2D eigenvalue weighted by molar-refractivity contribution is 0.174. The Balaban J connectivity index is 1.77. The molecule has 22 heavy (non-hydrogen) atoms. The van der Waals surface area contributed by atoms with Gasteiger partial charge in [0, 0.05) is 6.54 Å². The second-order valence-corrected chi connectivity index (χ2v) is 7.09. The molecule has 0 aromatic heterocycles. The van der Waals surface area contributed by atoms with Gasteiger partial charge in [-0.2, -0.15) is 0 Å². The largest absolute Gasteiger partial charge is 0.454 e. The molecule has 1 N–H and O–H groups in total. The summed E-state index contributed by atoms with van der Waals surface area (Å²) in [6.07, 6.45) is 0. The molecule has 0 fully saturated rings. The fourth-order valence-corrected chi connectivity index (χ4v) is 3.75. The van der Waals surface area contributed by atoms with Gasteiger partial charge in [-0.25, -0.2) is 13.1 Å². The minimum Gasteiger partial charge on any atom is -0.454 e. The smallest absolute Gasteiger partial charge is 0.242 e. The maximum atomic E-state index is 12.3. The molecule has 0 aliphatic carbocycles. The lowest BCUT2D eigenvalue weighted by Gasteiger charge is -2.09. The van der Waals surface area contributed by atoms with E-state index in [2.05, 4.69) is 4.72 Å². The van der Waals surface area contributed by atoms with Crippen molar-refractivity contribution in [1.29, 1.82) is 0 Å². The molecular formula is C15H14ClNO4S. The van der Waals surface area contributed by atoms with E-state index in [1.54, 1.807) is 30.3 Å². The van der Waals surface area contributed by atoms with Gasteiger partial charge >= 0.3 is 0 Å². The van der Waals surface area contributed by atoms with E-state index in [-0.39, 0.29) is 23.3 Å². The maximum Gasteiger partial charge on any atom is 0.242 e. The normalized spacial score (nSPS) is 13.4. The summed E-state index contributed by atoms with van der Waals surface area (Å²) in [4.78, 5) is 0.0699. The van der Waals surface area contributed by atoms with Gasteiger partial charge in [0.2, 0.25) is 16.8 Å². The Morgan fingerprint density at radius 2 is 1.91 bits per heavy atom. The zero-order valence-electron chi connectivity index (χ0n) is 11.8. The Morgan fingerprint density at radius 3 is 2.68 bits per heavy atom. The van der Waals surface area contributed by atoms with Gasteiger partial charge in [-0.3, -0.25) is 0 Å². The zero-order chi connectivity index (χ0) is 15.7. The number of aryl methyl sites for hydroxylation is 1. The molecule has 1 aliphatic heterocycles. The lowest BCUT2D eigenvalue weighted by Crippen LogP contribution is -2.23. The Kier molecular flexibility index (Phi) is 3.99. The number of benzene rings is 2. The van der Waals surface area contributed by atoms with Crippen LogP contribution in [-0.2, 0) is 16.6 Å². The maximum absolute atomic E-state index is 12.3. The van der Waals surface area contributed by atoms with E-state index in [4.69, 9.17) is 21.1 Å². The van der Waals surface area contributed by atoms with Crippen molar-refractivity contribution in [3.63, 3.8) is 0 Å². The van der Waals surface area contributed by atoms with Crippen molar-refractivity contribution in [2.24, 2.45) is 0 Å². The molecule has 0 spiro atoms. The summed E-state index contributed by atoms with van der Waals surface area (Å²) in [7, 11) is -3.67. The fraction of sp³-hybridized carbons (Fsp3) is 0.200. The third-order valence-electron chi connectivity index (χ3n) is 3.28. The van der Waals surface area contributed by atoms with Crippen LogP contribution in [0.1, 0.15) is 11.1 Å². The first kappa shape index (κ1) is 15.1. The molecular weight excluding hydrogens is 326 g/mol. The van der Waals surface area contributed by atoms with Crippen LogP contribution in [0.5, 0.6) is 11.5 Å². The summed E-state index contributed by atoms with van der Waals surface area (Å²) in [6, 6.07) is 10.1. The molecule has 2 aromatic rings. The molecule has 2 aromatic carbocycles. The van der Waals surface area contributed by atoms with Gasteiger partial charge in [0.05, 0.1) is 5.02 Å². The number of rotatable bonds is 4. The lowest BCUT2D eigenvalue weighted by atomic mass is 10.2. The summed E-state index contributed by atoms with van der Waals surface area (Å²) >= 11 is 6.02. The Morgan fingerprint density at radius 1 is 1.14 bits per heavy atom. The van der Waals surface area contributed by atoms with Crippen LogP contribution in [0.25, 0.3) is 0 Å². The van der Waals surface area contributed by atoms with Gasteiger partial charge < -0.3 is 9.47 Å². The van der Waals surface area contributed by atoms with Crippen molar-refractivity contribution in [1.82, 2.24) is 4.72 Å². The first-order chi connectivity index (χ1) is 10.5. The van der Waals surface area contributed by atoms with Crippen molar-refractivity contribution in [3.8, 4) is 11.5 Å². The fourth-order valence-electron chi connectivity index (χ4n) is 2.13. The molecule has 0 unspecified atom stereocenters. The zero-order valence-corrected chi connectivity index (χ0v) is 13.4. The summed E-state index contributed by atoms with van der Waals surface area (Å²) in [5.74, 6) is 1.28. The molecule has 7 heteroatoms. The Hall–Kier alpha value is -1.76. The van der Waals surface area contributed by atoms with Crippen molar-refractivity contribution in [3.05, 3.63) is 52.5 Å². The van der Waals surface area contributed by atoms with Crippen LogP contribution in [0.2, 0.25) is 5.02 Å². The van der Waals surface area contributed by atoms with Crippen molar-refractivity contribution in [2.75, 3.05) is 6.79 Å². The summed E-state index contributed by atoms with van der Waals surface area (Å²) in [5.41, 5.74) is 1.68. The molecule has 1 heterocycles. The van der Waals surface area contributed by atoms with Crippen LogP contribution < -0.4 is 14.2 Å². The average molecular weight is 340 g/mol.